The molecule has 1 aromatic carbocycles. The van der Waals surface area contributed by atoms with Crippen LogP contribution in [0.15, 0.2) is 30.3 Å². The Morgan fingerprint density at radius 3 is 2.60 bits per heavy atom. The number of ketones is 1. The van der Waals surface area contributed by atoms with Crippen LogP contribution in [0.25, 0.3) is 0 Å². The number of carbonyl (C=O) groups excluding carboxylic acids is 1. The van der Waals surface area contributed by atoms with E-state index in [9.17, 15) is 4.79 Å². The molecule has 0 radical (unpaired) electrons. The molecule has 0 fully saturated rings. The van der Waals surface area contributed by atoms with Crippen molar-refractivity contribution in [3.05, 3.63) is 35.9 Å². The van der Waals surface area contributed by atoms with Crippen molar-refractivity contribution in [1.82, 2.24) is 0 Å². The van der Waals surface area contributed by atoms with Crippen LogP contribution >= 0.6 is 12.6 Å². The molecule has 1 aromatic rings. The Kier molecular flexibility index (Phi) is 4.92. The van der Waals surface area contributed by atoms with Gasteiger partial charge in [-0.2, -0.15) is 17.9 Å². The fourth-order valence-electron chi connectivity index (χ4n) is 1.52. The van der Waals surface area contributed by atoms with Gasteiger partial charge >= 0.3 is 0 Å². The largest absolute Gasteiger partial charge is 0.298 e. The molecule has 0 heterocycles. The molecule has 1 unspecified atom stereocenters. The number of rotatable bonds is 5. The van der Waals surface area contributed by atoms with E-state index in [1.165, 1.54) is 0 Å². The Morgan fingerprint density at radius 1 is 1.40 bits per heavy atom. The van der Waals surface area contributed by atoms with Gasteiger partial charge in [0.1, 0.15) is 5.78 Å². The van der Waals surface area contributed by atoms with E-state index in [2.05, 4.69) is 18.7 Å². The summed E-state index contributed by atoms with van der Waals surface area (Å²) in [5.41, 5.74) is 0.979. The average molecular weight is 219 g/mol. The summed E-state index contributed by atoms with van der Waals surface area (Å²) in [5, 5.41) is 8.54. The molecular weight excluding hydrogens is 206 g/mol. The fourth-order valence-corrected chi connectivity index (χ4v) is 1.74. The topological polar surface area (TPSA) is 40.9 Å². The van der Waals surface area contributed by atoms with Crippen LogP contribution in [0.1, 0.15) is 24.3 Å². The van der Waals surface area contributed by atoms with E-state index in [4.69, 9.17) is 5.26 Å². The van der Waals surface area contributed by atoms with E-state index in [-0.39, 0.29) is 17.5 Å². The van der Waals surface area contributed by atoms with Gasteiger partial charge in [-0.1, -0.05) is 30.3 Å². The molecule has 0 saturated carbocycles. The van der Waals surface area contributed by atoms with Crippen LogP contribution in [-0.2, 0) is 4.79 Å². The minimum absolute atomic E-state index is 0.0831. The lowest BCUT2D eigenvalue weighted by Gasteiger charge is -2.13. The van der Waals surface area contributed by atoms with Crippen molar-refractivity contribution < 1.29 is 4.79 Å². The Balaban J connectivity index is 2.82. The summed E-state index contributed by atoms with van der Waals surface area (Å²) in [4.78, 5) is 11.6. The quantitative estimate of drug-likeness (QED) is 0.773. The van der Waals surface area contributed by atoms with Crippen molar-refractivity contribution >= 4 is 18.4 Å². The zero-order valence-corrected chi connectivity index (χ0v) is 9.28. The van der Waals surface area contributed by atoms with Gasteiger partial charge in [0.25, 0.3) is 0 Å². The van der Waals surface area contributed by atoms with Crippen LogP contribution in [0, 0.1) is 11.3 Å². The highest BCUT2D eigenvalue weighted by Gasteiger charge is 2.18. The van der Waals surface area contributed by atoms with Gasteiger partial charge < -0.3 is 0 Å². The third-order valence-corrected chi connectivity index (χ3v) is 2.60. The molecule has 0 N–H and O–H groups in total. The second-order valence-corrected chi connectivity index (χ2v) is 3.60. The van der Waals surface area contributed by atoms with Gasteiger partial charge in [0.2, 0.25) is 0 Å². The van der Waals surface area contributed by atoms with E-state index in [1.54, 1.807) is 0 Å². The lowest BCUT2D eigenvalue weighted by Crippen LogP contribution is -2.13. The number of nitrogens with zero attached hydrogens (tertiary/aromatic N) is 1. The van der Waals surface area contributed by atoms with Crippen molar-refractivity contribution in [2.45, 2.75) is 18.8 Å². The standard InChI is InChI=1S/C12H13NOS/c13-8-4-7-11(12(14)9-15)10-5-2-1-3-6-10/h1-3,5-6,11,15H,4,7,9H2. The van der Waals surface area contributed by atoms with Gasteiger partial charge in [0.05, 0.1) is 6.07 Å². The first kappa shape index (κ1) is 11.8. The molecule has 0 aromatic heterocycles. The molecule has 0 aliphatic rings. The predicted molar refractivity (Wildman–Crippen MR) is 62.9 cm³/mol. The third-order valence-electron chi connectivity index (χ3n) is 2.29. The first-order valence-corrected chi connectivity index (χ1v) is 5.48. The zero-order valence-electron chi connectivity index (χ0n) is 8.39. The van der Waals surface area contributed by atoms with Gasteiger partial charge in [0.15, 0.2) is 0 Å². The lowest BCUT2D eigenvalue weighted by molar-refractivity contribution is -0.118. The van der Waals surface area contributed by atoms with Crippen LogP contribution in [-0.4, -0.2) is 11.5 Å². The molecule has 3 heteroatoms. The molecule has 0 spiro atoms. The van der Waals surface area contributed by atoms with Gasteiger partial charge in [-0.15, -0.1) is 0 Å². The van der Waals surface area contributed by atoms with Crippen molar-refractivity contribution in [2.24, 2.45) is 0 Å². The number of hydrogen-bond donors (Lipinski definition) is 1. The van der Waals surface area contributed by atoms with Crippen LogP contribution in [0.4, 0.5) is 0 Å². The summed E-state index contributed by atoms with van der Waals surface area (Å²) in [7, 11) is 0. The monoisotopic (exact) mass is 219 g/mol. The molecule has 0 saturated heterocycles. The highest BCUT2D eigenvalue weighted by atomic mass is 32.1. The van der Waals surface area contributed by atoms with Crippen LogP contribution in [0.2, 0.25) is 0 Å². The summed E-state index contributed by atoms with van der Waals surface area (Å²) in [6, 6.07) is 11.6. The summed E-state index contributed by atoms with van der Waals surface area (Å²) in [5.74, 6) is 0.133. The van der Waals surface area contributed by atoms with Crippen LogP contribution < -0.4 is 0 Å². The number of benzene rings is 1. The van der Waals surface area contributed by atoms with Crippen LogP contribution in [0.5, 0.6) is 0 Å². The maximum Gasteiger partial charge on any atom is 0.149 e. The minimum atomic E-state index is -0.177. The number of hydrogen-bond acceptors (Lipinski definition) is 3. The van der Waals surface area contributed by atoms with Gasteiger partial charge in [-0.25, -0.2) is 0 Å². The Hall–Kier alpha value is -1.27. The summed E-state index contributed by atoms with van der Waals surface area (Å²) < 4.78 is 0. The summed E-state index contributed by atoms with van der Waals surface area (Å²) >= 11 is 3.99. The second-order valence-electron chi connectivity index (χ2n) is 3.28. The molecule has 0 aliphatic heterocycles. The molecule has 0 amide bonds. The van der Waals surface area contributed by atoms with E-state index in [0.717, 1.165) is 5.56 Å². The van der Waals surface area contributed by atoms with Gasteiger partial charge in [-0.3, -0.25) is 4.79 Å². The van der Waals surface area contributed by atoms with E-state index in [0.29, 0.717) is 12.8 Å². The first-order chi connectivity index (χ1) is 7.29. The molecule has 1 atom stereocenters. The van der Waals surface area contributed by atoms with Crippen molar-refractivity contribution in [1.29, 1.82) is 5.26 Å². The van der Waals surface area contributed by atoms with E-state index >= 15 is 0 Å². The maximum atomic E-state index is 11.6. The Morgan fingerprint density at radius 2 is 2.07 bits per heavy atom. The highest BCUT2D eigenvalue weighted by Crippen LogP contribution is 2.22. The molecule has 78 valence electrons. The predicted octanol–water partition coefficient (Wildman–Crippen LogP) is 2.57. The molecule has 0 bridgehead atoms. The average Bonchev–Trinajstić information content (AvgIpc) is 2.30. The van der Waals surface area contributed by atoms with E-state index < -0.39 is 0 Å². The number of carbonyl (C=O) groups is 1. The van der Waals surface area contributed by atoms with Gasteiger partial charge in [-0.05, 0) is 12.0 Å². The fraction of sp³-hybridized carbons (Fsp3) is 0.333. The number of nitriles is 1. The van der Waals surface area contributed by atoms with Crippen molar-refractivity contribution in [3.63, 3.8) is 0 Å². The first-order valence-electron chi connectivity index (χ1n) is 4.85. The molecule has 1 rings (SSSR count). The van der Waals surface area contributed by atoms with Crippen molar-refractivity contribution in [3.8, 4) is 6.07 Å². The Bertz CT molecular complexity index is 356. The van der Waals surface area contributed by atoms with Crippen molar-refractivity contribution in [2.75, 3.05) is 5.75 Å². The maximum absolute atomic E-state index is 11.6. The molecule has 2 nitrogen and oxygen atoms in total. The lowest BCUT2D eigenvalue weighted by atomic mass is 9.91. The number of Topliss-reactive ketones (excluding diaryl/α,β-unsaturated/α-hetero) is 1. The van der Waals surface area contributed by atoms with Crippen LogP contribution in [0.3, 0.4) is 0 Å². The normalized spacial score (nSPS) is 11.7. The zero-order chi connectivity index (χ0) is 11.1. The number of thiol groups is 1. The highest BCUT2D eigenvalue weighted by molar-refractivity contribution is 7.81. The summed E-state index contributed by atoms with van der Waals surface area (Å²) in [6.45, 7) is 0. The Labute approximate surface area is 95.3 Å². The smallest absolute Gasteiger partial charge is 0.149 e. The molecular formula is C12H13NOS. The SMILES string of the molecule is N#CCCC(C(=O)CS)c1ccccc1. The second kappa shape index (κ2) is 6.26. The molecule has 0 aliphatic carbocycles. The summed E-state index contributed by atoms with van der Waals surface area (Å²) in [6.07, 6.45) is 0.985. The van der Waals surface area contributed by atoms with E-state index in [1.807, 2.05) is 30.3 Å². The minimum Gasteiger partial charge on any atom is -0.298 e. The molecule has 15 heavy (non-hydrogen) atoms. The van der Waals surface area contributed by atoms with Gasteiger partial charge in [0, 0.05) is 18.1 Å². The third kappa shape index (κ3) is 3.41.